The number of nitro groups is 3. The highest BCUT2D eigenvalue weighted by molar-refractivity contribution is 5.73. The van der Waals surface area contributed by atoms with E-state index in [4.69, 9.17) is 0 Å². The zero-order valence-corrected chi connectivity index (χ0v) is 9.51. The molecule has 11 nitrogen and oxygen atoms in total. The maximum absolute atomic E-state index is 10.8. The molecule has 1 aromatic rings. The maximum Gasteiger partial charge on any atom is 0.311 e. The average Bonchev–Trinajstić information content (AvgIpc) is 2.34. The first kappa shape index (κ1) is 14.2. The van der Waals surface area contributed by atoms with E-state index in [2.05, 4.69) is 10.3 Å². The van der Waals surface area contributed by atoms with Gasteiger partial charge in [-0.05, 0) is 6.92 Å². The van der Waals surface area contributed by atoms with E-state index in [1.165, 1.54) is 6.92 Å². The fraction of sp³-hybridized carbons (Fsp3) is 0.250. The van der Waals surface area contributed by atoms with E-state index in [0.717, 1.165) is 0 Å². The molecule has 1 rings (SSSR count). The van der Waals surface area contributed by atoms with E-state index < -0.39 is 37.5 Å². The molecule has 1 aromatic carbocycles. The van der Waals surface area contributed by atoms with Crippen LogP contribution in [0.1, 0.15) is 6.92 Å². The Morgan fingerprint density at radius 1 is 1.05 bits per heavy atom. The second-order valence-corrected chi connectivity index (χ2v) is 3.11. The van der Waals surface area contributed by atoms with Crippen molar-refractivity contribution in [2.24, 2.45) is 0 Å². The maximum atomic E-state index is 10.8. The summed E-state index contributed by atoms with van der Waals surface area (Å²) in [6.45, 7) is 1.55. The molecule has 0 spiro atoms. The predicted octanol–water partition coefficient (Wildman–Crippen LogP) is 1.60. The van der Waals surface area contributed by atoms with Crippen molar-refractivity contribution in [2.75, 3.05) is 6.61 Å². The third-order valence-electron chi connectivity index (χ3n) is 1.94. The van der Waals surface area contributed by atoms with E-state index in [1.807, 2.05) is 0 Å². The van der Waals surface area contributed by atoms with Crippen LogP contribution in [0.4, 0.5) is 22.7 Å². The summed E-state index contributed by atoms with van der Waals surface area (Å²) in [4.78, 5) is 33.7. The number of non-ortho nitro benzene ring substituents is 1. The average molecular weight is 271 g/mol. The Hall–Kier alpha value is -2.82. The normalized spacial score (nSPS) is 9.95. The standard InChI is InChI=1S/C8H7N4O7/c1-2-19-9-8-6(11(15)16)3-5(10(13)14)4-7(8)12(17)18/h3-4H,2H2,1H3. The van der Waals surface area contributed by atoms with Crippen molar-refractivity contribution in [3.05, 3.63) is 42.5 Å². The van der Waals surface area contributed by atoms with Crippen molar-refractivity contribution < 1.29 is 19.6 Å². The van der Waals surface area contributed by atoms with Gasteiger partial charge in [-0.2, -0.15) is 0 Å². The highest BCUT2D eigenvalue weighted by Gasteiger charge is 2.32. The molecule has 0 amide bonds. The number of hydrogen-bond acceptors (Lipinski definition) is 7. The van der Waals surface area contributed by atoms with E-state index in [-0.39, 0.29) is 6.61 Å². The van der Waals surface area contributed by atoms with Gasteiger partial charge in [0.05, 0.1) is 33.5 Å². The molecule has 0 aliphatic carbocycles. The summed E-state index contributed by atoms with van der Waals surface area (Å²) >= 11 is 0. The zero-order chi connectivity index (χ0) is 14.6. The van der Waals surface area contributed by atoms with Crippen molar-refractivity contribution in [3.63, 3.8) is 0 Å². The lowest BCUT2D eigenvalue weighted by Crippen LogP contribution is -2.06. The van der Waals surface area contributed by atoms with Gasteiger partial charge in [-0.15, -0.1) is 5.48 Å². The summed E-state index contributed by atoms with van der Waals surface area (Å²) in [6, 6.07) is 1.18. The molecule has 19 heavy (non-hydrogen) atoms. The van der Waals surface area contributed by atoms with E-state index in [0.29, 0.717) is 12.1 Å². The van der Waals surface area contributed by atoms with Crippen LogP contribution in [0, 0.1) is 30.3 Å². The lowest BCUT2D eigenvalue weighted by molar-refractivity contribution is -0.402. The molecule has 0 heterocycles. The summed E-state index contributed by atoms with van der Waals surface area (Å²) in [5, 5.41) is 32.1. The molecule has 0 fully saturated rings. The molecule has 0 bridgehead atoms. The van der Waals surface area contributed by atoms with Crippen LogP contribution in [0.3, 0.4) is 0 Å². The summed E-state index contributed by atoms with van der Waals surface area (Å²) < 4.78 is 0. The van der Waals surface area contributed by atoms with Gasteiger partial charge in [0.25, 0.3) is 5.69 Å². The molecule has 1 radical (unpaired) electrons. The molecular formula is C8H7N4O7. The van der Waals surface area contributed by atoms with Gasteiger partial charge in [-0.3, -0.25) is 35.2 Å². The molecule has 0 aliphatic rings. The number of nitrogens with zero attached hydrogens (tertiary/aromatic N) is 4. The van der Waals surface area contributed by atoms with Crippen LogP contribution in [-0.2, 0) is 4.84 Å². The molecule has 101 valence electrons. The quantitative estimate of drug-likeness (QED) is 0.562. The van der Waals surface area contributed by atoms with Crippen LogP contribution in [0.2, 0.25) is 0 Å². The molecule has 11 heteroatoms. The van der Waals surface area contributed by atoms with Gasteiger partial charge in [-0.25, -0.2) is 0 Å². The van der Waals surface area contributed by atoms with Crippen LogP contribution in [0.5, 0.6) is 0 Å². The lowest BCUT2D eigenvalue weighted by atomic mass is 10.2. The first-order valence-electron chi connectivity index (χ1n) is 4.82. The van der Waals surface area contributed by atoms with Crippen LogP contribution >= 0.6 is 0 Å². The van der Waals surface area contributed by atoms with Gasteiger partial charge in [0.1, 0.15) is 0 Å². The third-order valence-corrected chi connectivity index (χ3v) is 1.94. The number of nitro benzene ring substituents is 3. The first-order valence-corrected chi connectivity index (χ1v) is 4.82. The molecule has 0 atom stereocenters. The van der Waals surface area contributed by atoms with Crippen molar-refractivity contribution in [1.29, 1.82) is 0 Å². The van der Waals surface area contributed by atoms with Crippen molar-refractivity contribution in [1.82, 2.24) is 5.48 Å². The van der Waals surface area contributed by atoms with Gasteiger partial charge in [0, 0.05) is 0 Å². The molecule has 0 aromatic heterocycles. The largest absolute Gasteiger partial charge is 0.311 e. The Balaban J connectivity index is 3.50. The highest BCUT2D eigenvalue weighted by atomic mass is 16.7. The van der Waals surface area contributed by atoms with Gasteiger partial charge in [0.2, 0.25) is 5.69 Å². The Kier molecular flexibility index (Phi) is 4.26. The minimum absolute atomic E-state index is 0.0330. The second-order valence-electron chi connectivity index (χ2n) is 3.11. The Morgan fingerprint density at radius 3 is 1.84 bits per heavy atom. The SMILES string of the molecule is CCO[N]c1c([N+](=O)[O-])cc([N+](=O)[O-])cc1[N+](=O)[O-]. The molecular weight excluding hydrogens is 264 g/mol. The molecule has 0 unspecified atom stereocenters. The van der Waals surface area contributed by atoms with Crippen LogP contribution < -0.4 is 5.48 Å². The number of benzene rings is 1. The summed E-state index contributed by atoms with van der Waals surface area (Å²) in [7, 11) is 0. The van der Waals surface area contributed by atoms with Crippen molar-refractivity contribution >= 4 is 22.7 Å². The molecule has 0 saturated heterocycles. The Bertz CT molecular complexity index is 509. The van der Waals surface area contributed by atoms with Crippen LogP contribution in [0.15, 0.2) is 12.1 Å². The van der Waals surface area contributed by atoms with Gasteiger partial charge >= 0.3 is 11.4 Å². The topological polar surface area (TPSA) is 153 Å². The van der Waals surface area contributed by atoms with Crippen molar-refractivity contribution in [2.45, 2.75) is 6.92 Å². The number of rotatable bonds is 6. The fourth-order valence-electron chi connectivity index (χ4n) is 1.20. The summed E-state index contributed by atoms with van der Waals surface area (Å²) in [6.07, 6.45) is 0. The third kappa shape index (κ3) is 3.10. The van der Waals surface area contributed by atoms with E-state index in [1.54, 1.807) is 0 Å². The second kappa shape index (κ2) is 5.68. The van der Waals surface area contributed by atoms with Crippen LogP contribution in [-0.4, -0.2) is 21.4 Å². The highest BCUT2D eigenvalue weighted by Crippen LogP contribution is 2.38. The van der Waals surface area contributed by atoms with E-state index in [9.17, 15) is 30.3 Å². The lowest BCUT2D eigenvalue weighted by Gasteiger charge is -2.03. The fourth-order valence-corrected chi connectivity index (χ4v) is 1.20. The molecule has 0 aliphatic heterocycles. The molecule has 0 N–H and O–H groups in total. The summed E-state index contributed by atoms with van der Waals surface area (Å²) in [5.41, 5.74) is 0.0950. The number of hydrogen-bond donors (Lipinski definition) is 0. The van der Waals surface area contributed by atoms with Gasteiger partial charge < -0.3 is 0 Å². The first-order chi connectivity index (χ1) is 8.88. The van der Waals surface area contributed by atoms with Crippen LogP contribution in [0.25, 0.3) is 0 Å². The minimum Gasteiger partial charge on any atom is -0.258 e. The predicted molar refractivity (Wildman–Crippen MR) is 59.8 cm³/mol. The Labute approximate surface area is 105 Å². The summed E-state index contributed by atoms with van der Waals surface area (Å²) in [5.74, 6) is 0. The monoisotopic (exact) mass is 271 g/mol. The van der Waals surface area contributed by atoms with E-state index >= 15 is 0 Å². The zero-order valence-electron chi connectivity index (χ0n) is 9.51. The Morgan fingerprint density at radius 2 is 1.53 bits per heavy atom. The van der Waals surface area contributed by atoms with Crippen molar-refractivity contribution in [3.8, 4) is 0 Å². The minimum atomic E-state index is -1.00. The molecule has 0 saturated carbocycles. The smallest absolute Gasteiger partial charge is 0.258 e. The van der Waals surface area contributed by atoms with Gasteiger partial charge in [-0.1, -0.05) is 0 Å². The van der Waals surface area contributed by atoms with Gasteiger partial charge in [0.15, 0.2) is 0 Å².